The zero-order chi connectivity index (χ0) is 19.2. The molecule has 1 amide bonds. The summed E-state index contributed by atoms with van der Waals surface area (Å²) in [5.41, 5.74) is 2.94. The molecule has 144 valence electrons. The van der Waals surface area contributed by atoms with Crippen molar-refractivity contribution in [1.29, 1.82) is 0 Å². The predicted octanol–water partition coefficient (Wildman–Crippen LogP) is 5.23. The first-order valence-electron chi connectivity index (χ1n) is 9.90. The minimum absolute atomic E-state index is 0.00919. The number of nitrogens with zero attached hydrogens (tertiary/aromatic N) is 1. The summed E-state index contributed by atoms with van der Waals surface area (Å²) in [5.74, 6) is 0.796. The number of carbonyl (C=O) groups is 1. The molecule has 4 heteroatoms. The average Bonchev–Trinajstić information content (AvgIpc) is 3.05. The molecule has 1 aromatic carbocycles. The first-order valence-corrected chi connectivity index (χ1v) is 9.90. The molecule has 1 aliphatic carbocycles. The van der Waals surface area contributed by atoms with Crippen LogP contribution in [-0.2, 0) is 6.54 Å². The summed E-state index contributed by atoms with van der Waals surface area (Å²) in [6.07, 6.45) is 9.71. The van der Waals surface area contributed by atoms with Crippen LogP contribution in [0.5, 0.6) is 5.75 Å². The molecule has 27 heavy (non-hydrogen) atoms. The van der Waals surface area contributed by atoms with Crippen molar-refractivity contribution < 1.29 is 9.53 Å². The Bertz CT molecular complexity index is 837. The lowest BCUT2D eigenvalue weighted by molar-refractivity contribution is 0.0919. The molecule has 0 saturated heterocycles. The normalized spacial score (nSPS) is 14.7. The summed E-state index contributed by atoms with van der Waals surface area (Å²) in [7, 11) is 0. The highest BCUT2D eigenvalue weighted by molar-refractivity contribution is 6.00. The number of benzene rings is 1. The maximum Gasteiger partial charge on any atom is 0.268 e. The number of rotatable bonds is 7. The highest BCUT2D eigenvalue weighted by Crippen LogP contribution is 2.30. The smallest absolute Gasteiger partial charge is 0.268 e. The molecule has 1 N–H and O–H groups in total. The summed E-state index contributed by atoms with van der Waals surface area (Å²) < 4.78 is 7.90. The zero-order valence-electron chi connectivity index (χ0n) is 16.5. The van der Waals surface area contributed by atoms with E-state index in [0.29, 0.717) is 18.8 Å². The van der Waals surface area contributed by atoms with Gasteiger partial charge in [0.2, 0.25) is 0 Å². The summed E-state index contributed by atoms with van der Waals surface area (Å²) in [4.78, 5) is 13.1. The minimum atomic E-state index is 0.00919. The SMILES string of the molecule is C=CCOc1cccc2c1cc(C(=O)NC1CCCCC1)n2CC=C(C)C. The van der Waals surface area contributed by atoms with Gasteiger partial charge in [0.05, 0.1) is 5.52 Å². The number of fused-ring (bicyclic) bond motifs is 1. The largest absolute Gasteiger partial charge is 0.489 e. The first kappa shape index (κ1) is 19.3. The van der Waals surface area contributed by atoms with Gasteiger partial charge in [0.15, 0.2) is 0 Å². The number of allylic oxidation sites excluding steroid dienone is 2. The Kier molecular flexibility index (Phi) is 6.38. The van der Waals surface area contributed by atoms with Crippen LogP contribution in [0.15, 0.2) is 48.6 Å². The second-order valence-corrected chi connectivity index (χ2v) is 7.52. The molecule has 2 aromatic rings. The molecule has 0 spiro atoms. The van der Waals surface area contributed by atoms with Crippen molar-refractivity contribution in [2.45, 2.75) is 58.5 Å². The summed E-state index contributed by atoms with van der Waals surface area (Å²) in [6.45, 7) is 8.99. The quantitative estimate of drug-likeness (QED) is 0.682. The van der Waals surface area contributed by atoms with Gasteiger partial charge in [-0.1, -0.05) is 49.6 Å². The Morgan fingerprint density at radius 1 is 1.30 bits per heavy atom. The van der Waals surface area contributed by atoms with Crippen LogP contribution in [0.2, 0.25) is 0 Å². The third kappa shape index (κ3) is 4.62. The lowest BCUT2D eigenvalue weighted by atomic mass is 9.95. The summed E-state index contributed by atoms with van der Waals surface area (Å²) in [6, 6.07) is 8.22. The standard InChI is InChI=1S/C23H30N2O2/c1-4-15-27-22-12-8-11-20-19(22)16-21(25(20)14-13-17(2)3)23(26)24-18-9-6-5-7-10-18/h4,8,11-13,16,18H,1,5-7,9-10,14-15H2,2-3H3,(H,24,26). The Labute approximate surface area is 161 Å². The van der Waals surface area contributed by atoms with E-state index in [-0.39, 0.29) is 11.9 Å². The molecule has 0 bridgehead atoms. The van der Waals surface area contributed by atoms with Gasteiger partial charge in [-0.25, -0.2) is 0 Å². The number of hydrogen-bond donors (Lipinski definition) is 1. The maximum atomic E-state index is 13.1. The molecule has 1 heterocycles. The number of ether oxygens (including phenoxy) is 1. The van der Waals surface area contributed by atoms with Gasteiger partial charge in [0.1, 0.15) is 18.1 Å². The van der Waals surface area contributed by atoms with Gasteiger partial charge in [-0.2, -0.15) is 0 Å². The fourth-order valence-electron chi connectivity index (χ4n) is 3.70. The Morgan fingerprint density at radius 2 is 2.07 bits per heavy atom. The molecule has 0 atom stereocenters. The molecule has 0 aliphatic heterocycles. The Morgan fingerprint density at radius 3 is 2.78 bits per heavy atom. The van der Waals surface area contributed by atoms with Crippen molar-refractivity contribution in [3.63, 3.8) is 0 Å². The number of nitrogens with one attached hydrogen (secondary N) is 1. The third-order valence-electron chi connectivity index (χ3n) is 5.12. The zero-order valence-corrected chi connectivity index (χ0v) is 16.5. The van der Waals surface area contributed by atoms with E-state index in [4.69, 9.17) is 4.74 Å². The van der Waals surface area contributed by atoms with Crippen molar-refractivity contribution >= 4 is 16.8 Å². The van der Waals surface area contributed by atoms with Crippen LogP contribution in [0, 0.1) is 0 Å². The third-order valence-corrected chi connectivity index (χ3v) is 5.12. The fraction of sp³-hybridized carbons (Fsp3) is 0.435. The molecule has 1 fully saturated rings. The summed E-state index contributed by atoms with van der Waals surface area (Å²) in [5, 5.41) is 4.22. The van der Waals surface area contributed by atoms with Gasteiger partial charge in [0.25, 0.3) is 5.91 Å². The second-order valence-electron chi connectivity index (χ2n) is 7.52. The van der Waals surface area contributed by atoms with Crippen LogP contribution in [0.1, 0.15) is 56.4 Å². The van der Waals surface area contributed by atoms with Gasteiger partial charge in [0, 0.05) is 18.0 Å². The predicted molar refractivity (Wildman–Crippen MR) is 111 cm³/mol. The van der Waals surface area contributed by atoms with Crippen LogP contribution < -0.4 is 10.1 Å². The van der Waals surface area contributed by atoms with Crippen LogP contribution in [-0.4, -0.2) is 23.1 Å². The highest BCUT2D eigenvalue weighted by atomic mass is 16.5. The lowest BCUT2D eigenvalue weighted by Gasteiger charge is -2.23. The first-order chi connectivity index (χ1) is 13.1. The Balaban J connectivity index is 1.97. The average molecular weight is 367 g/mol. The van der Waals surface area contributed by atoms with Crippen LogP contribution in [0.25, 0.3) is 10.9 Å². The van der Waals surface area contributed by atoms with Gasteiger partial charge in [-0.3, -0.25) is 4.79 Å². The van der Waals surface area contributed by atoms with E-state index >= 15 is 0 Å². The van der Waals surface area contributed by atoms with Crippen molar-refractivity contribution in [1.82, 2.24) is 9.88 Å². The van der Waals surface area contributed by atoms with Gasteiger partial charge in [-0.05, 0) is 44.9 Å². The van der Waals surface area contributed by atoms with E-state index in [1.165, 1.54) is 24.8 Å². The van der Waals surface area contributed by atoms with Crippen molar-refractivity contribution in [3.05, 3.63) is 54.3 Å². The van der Waals surface area contributed by atoms with E-state index in [9.17, 15) is 4.79 Å². The molecule has 1 saturated carbocycles. The van der Waals surface area contributed by atoms with Crippen LogP contribution >= 0.6 is 0 Å². The van der Waals surface area contributed by atoms with E-state index < -0.39 is 0 Å². The van der Waals surface area contributed by atoms with E-state index in [2.05, 4.69) is 36.4 Å². The van der Waals surface area contributed by atoms with Crippen molar-refractivity contribution in [3.8, 4) is 5.75 Å². The lowest BCUT2D eigenvalue weighted by Crippen LogP contribution is -2.37. The molecule has 1 aromatic heterocycles. The highest BCUT2D eigenvalue weighted by Gasteiger charge is 2.21. The topological polar surface area (TPSA) is 43.3 Å². The van der Waals surface area contributed by atoms with Crippen LogP contribution in [0.4, 0.5) is 0 Å². The van der Waals surface area contributed by atoms with Gasteiger partial charge >= 0.3 is 0 Å². The number of amides is 1. The van der Waals surface area contributed by atoms with Crippen molar-refractivity contribution in [2.75, 3.05) is 6.61 Å². The number of carbonyl (C=O) groups excluding carboxylic acids is 1. The Hall–Kier alpha value is -2.49. The van der Waals surface area contributed by atoms with E-state index in [1.807, 2.05) is 24.3 Å². The monoisotopic (exact) mass is 366 g/mol. The molecule has 0 radical (unpaired) electrons. The summed E-state index contributed by atoms with van der Waals surface area (Å²) >= 11 is 0. The number of aromatic nitrogens is 1. The van der Waals surface area contributed by atoms with Gasteiger partial charge in [-0.15, -0.1) is 0 Å². The molecular weight excluding hydrogens is 336 g/mol. The van der Waals surface area contributed by atoms with Crippen molar-refractivity contribution in [2.24, 2.45) is 0 Å². The van der Waals surface area contributed by atoms with Gasteiger partial charge < -0.3 is 14.6 Å². The molecule has 1 aliphatic rings. The van der Waals surface area contributed by atoms with E-state index in [0.717, 1.165) is 29.5 Å². The molecule has 3 rings (SSSR count). The van der Waals surface area contributed by atoms with Crippen LogP contribution in [0.3, 0.4) is 0 Å². The maximum absolute atomic E-state index is 13.1. The minimum Gasteiger partial charge on any atom is -0.489 e. The molecule has 0 unspecified atom stereocenters. The molecular formula is C23H30N2O2. The molecule has 4 nitrogen and oxygen atoms in total. The second kappa shape index (κ2) is 8.94. The van der Waals surface area contributed by atoms with E-state index in [1.54, 1.807) is 6.08 Å². The fourth-order valence-corrected chi connectivity index (χ4v) is 3.70. The number of hydrogen-bond acceptors (Lipinski definition) is 2.